The Hall–Kier alpha value is -3.38. The molecule has 0 aliphatic carbocycles. The molecule has 0 saturated heterocycles. The molecule has 1 aromatic heterocycles. The van der Waals surface area contributed by atoms with E-state index in [2.05, 4.69) is 22.3 Å². The fourth-order valence-electron chi connectivity index (χ4n) is 3.67. The minimum Gasteiger partial charge on any atom is -0.493 e. The molecule has 0 spiro atoms. The molecule has 0 saturated carbocycles. The molecule has 4 rings (SSSR count). The van der Waals surface area contributed by atoms with Gasteiger partial charge in [0.15, 0.2) is 0 Å². The predicted octanol–water partition coefficient (Wildman–Crippen LogP) is 6.14. The summed E-state index contributed by atoms with van der Waals surface area (Å²) in [7, 11) is 0. The van der Waals surface area contributed by atoms with Gasteiger partial charge in [-0.2, -0.15) is 0 Å². The standard InChI is InChI=1S/C26H26ClN3O3/c1-2-16-30(18-24-28-29-26(33-24)21-12-5-6-13-22(21)27)25(31)15-8-17-32-23-14-7-10-19-9-3-4-11-20(19)23/h3-7,9-14H,2,8,15-18H2,1H3. The second kappa shape index (κ2) is 11.0. The van der Waals surface area contributed by atoms with Gasteiger partial charge in [-0.25, -0.2) is 0 Å². The lowest BCUT2D eigenvalue weighted by molar-refractivity contribution is -0.132. The first kappa shape index (κ1) is 22.8. The molecule has 33 heavy (non-hydrogen) atoms. The first-order valence-electron chi connectivity index (χ1n) is 11.1. The molecule has 0 aliphatic heterocycles. The number of hydrogen-bond acceptors (Lipinski definition) is 5. The normalized spacial score (nSPS) is 11.0. The number of carbonyl (C=O) groups excluding carboxylic acids is 1. The third-order valence-corrected chi connectivity index (χ3v) is 5.62. The van der Waals surface area contributed by atoms with E-state index in [1.807, 2.05) is 55.5 Å². The molecule has 3 aromatic carbocycles. The Kier molecular flexibility index (Phi) is 7.58. The fraction of sp³-hybridized carbons (Fsp3) is 0.269. The van der Waals surface area contributed by atoms with Gasteiger partial charge in [0.1, 0.15) is 5.75 Å². The second-order valence-corrected chi connectivity index (χ2v) is 8.13. The highest BCUT2D eigenvalue weighted by atomic mass is 35.5. The van der Waals surface area contributed by atoms with Crippen LogP contribution in [0.5, 0.6) is 5.75 Å². The highest BCUT2D eigenvalue weighted by Crippen LogP contribution is 2.27. The Morgan fingerprint density at radius 3 is 2.67 bits per heavy atom. The van der Waals surface area contributed by atoms with Crippen LogP contribution in [0.1, 0.15) is 32.1 Å². The zero-order valence-electron chi connectivity index (χ0n) is 18.5. The van der Waals surface area contributed by atoms with Crippen molar-refractivity contribution in [3.05, 3.63) is 77.6 Å². The maximum Gasteiger partial charge on any atom is 0.249 e. The van der Waals surface area contributed by atoms with Gasteiger partial charge < -0.3 is 14.1 Å². The summed E-state index contributed by atoms with van der Waals surface area (Å²) in [5.41, 5.74) is 0.678. The number of carbonyl (C=O) groups is 1. The van der Waals surface area contributed by atoms with Gasteiger partial charge in [0, 0.05) is 18.4 Å². The molecular weight excluding hydrogens is 438 g/mol. The minimum absolute atomic E-state index is 0.0378. The fourth-order valence-corrected chi connectivity index (χ4v) is 3.89. The van der Waals surface area contributed by atoms with Crippen molar-refractivity contribution in [2.24, 2.45) is 0 Å². The number of fused-ring (bicyclic) bond motifs is 1. The molecule has 7 heteroatoms. The monoisotopic (exact) mass is 463 g/mol. The summed E-state index contributed by atoms with van der Waals surface area (Å²) in [6.07, 6.45) is 1.84. The van der Waals surface area contributed by atoms with Crippen LogP contribution in [0.3, 0.4) is 0 Å². The largest absolute Gasteiger partial charge is 0.493 e. The zero-order chi connectivity index (χ0) is 23.0. The van der Waals surface area contributed by atoms with Crippen molar-refractivity contribution in [2.45, 2.75) is 32.7 Å². The van der Waals surface area contributed by atoms with Crippen LogP contribution in [0, 0.1) is 0 Å². The average Bonchev–Trinajstić information content (AvgIpc) is 3.30. The van der Waals surface area contributed by atoms with E-state index < -0.39 is 0 Å². The van der Waals surface area contributed by atoms with Gasteiger partial charge in [-0.1, -0.05) is 67.1 Å². The number of benzene rings is 3. The van der Waals surface area contributed by atoms with Gasteiger partial charge in [-0.3, -0.25) is 4.79 Å². The summed E-state index contributed by atoms with van der Waals surface area (Å²) in [5.74, 6) is 1.61. The van der Waals surface area contributed by atoms with Gasteiger partial charge in [-0.05, 0) is 36.4 Å². The van der Waals surface area contributed by atoms with Crippen molar-refractivity contribution >= 4 is 28.3 Å². The summed E-state index contributed by atoms with van der Waals surface area (Å²) in [6.45, 7) is 3.39. The molecule has 1 amide bonds. The van der Waals surface area contributed by atoms with Crippen molar-refractivity contribution < 1.29 is 13.9 Å². The van der Waals surface area contributed by atoms with Gasteiger partial charge in [-0.15, -0.1) is 10.2 Å². The number of ether oxygens (including phenoxy) is 1. The van der Waals surface area contributed by atoms with Crippen LogP contribution in [0.4, 0.5) is 0 Å². The lowest BCUT2D eigenvalue weighted by atomic mass is 10.1. The van der Waals surface area contributed by atoms with E-state index in [1.54, 1.807) is 11.0 Å². The van der Waals surface area contributed by atoms with Crippen LogP contribution in [0.2, 0.25) is 5.02 Å². The van der Waals surface area contributed by atoms with Crippen molar-refractivity contribution in [1.29, 1.82) is 0 Å². The lowest BCUT2D eigenvalue weighted by Crippen LogP contribution is -2.31. The first-order valence-corrected chi connectivity index (χ1v) is 11.5. The predicted molar refractivity (Wildman–Crippen MR) is 129 cm³/mol. The Balaban J connectivity index is 1.32. The van der Waals surface area contributed by atoms with Crippen molar-refractivity contribution in [3.63, 3.8) is 0 Å². The molecule has 0 unspecified atom stereocenters. The first-order chi connectivity index (χ1) is 16.2. The highest BCUT2D eigenvalue weighted by Gasteiger charge is 2.18. The molecule has 0 aliphatic rings. The molecule has 6 nitrogen and oxygen atoms in total. The minimum atomic E-state index is 0.0378. The van der Waals surface area contributed by atoms with Crippen LogP contribution in [0.15, 0.2) is 71.1 Å². The van der Waals surface area contributed by atoms with Crippen LogP contribution in [-0.2, 0) is 11.3 Å². The van der Waals surface area contributed by atoms with Crippen LogP contribution < -0.4 is 4.74 Å². The van der Waals surface area contributed by atoms with Crippen LogP contribution in [0.25, 0.3) is 22.2 Å². The quantitative estimate of drug-likeness (QED) is 0.264. The van der Waals surface area contributed by atoms with Gasteiger partial charge in [0.05, 0.1) is 23.7 Å². The number of aromatic nitrogens is 2. The van der Waals surface area contributed by atoms with Crippen LogP contribution >= 0.6 is 11.6 Å². The number of hydrogen-bond donors (Lipinski definition) is 0. The van der Waals surface area contributed by atoms with E-state index in [1.165, 1.54) is 0 Å². The molecular formula is C26H26ClN3O3. The number of rotatable bonds is 10. The van der Waals surface area contributed by atoms with Crippen molar-refractivity contribution in [3.8, 4) is 17.2 Å². The summed E-state index contributed by atoms with van der Waals surface area (Å²) >= 11 is 6.22. The molecule has 170 valence electrons. The van der Waals surface area contributed by atoms with E-state index in [-0.39, 0.29) is 12.5 Å². The summed E-state index contributed by atoms with van der Waals surface area (Å²) in [6, 6.07) is 21.4. The van der Waals surface area contributed by atoms with Gasteiger partial charge in [0.25, 0.3) is 0 Å². The van der Waals surface area contributed by atoms with Crippen molar-refractivity contribution in [2.75, 3.05) is 13.2 Å². The maximum atomic E-state index is 12.9. The van der Waals surface area contributed by atoms with E-state index >= 15 is 0 Å². The Bertz CT molecular complexity index is 1220. The van der Waals surface area contributed by atoms with E-state index in [0.29, 0.717) is 48.4 Å². The molecule has 0 radical (unpaired) electrons. The SMILES string of the molecule is CCCN(Cc1nnc(-c2ccccc2Cl)o1)C(=O)CCCOc1cccc2ccccc12. The topological polar surface area (TPSA) is 68.5 Å². The van der Waals surface area contributed by atoms with Gasteiger partial charge >= 0.3 is 0 Å². The Morgan fingerprint density at radius 2 is 1.82 bits per heavy atom. The highest BCUT2D eigenvalue weighted by molar-refractivity contribution is 6.33. The molecule has 0 fully saturated rings. The zero-order valence-corrected chi connectivity index (χ0v) is 19.3. The maximum absolute atomic E-state index is 12.9. The molecule has 0 bridgehead atoms. The van der Waals surface area contributed by atoms with E-state index in [4.69, 9.17) is 20.8 Å². The Labute approximate surface area is 198 Å². The van der Waals surface area contributed by atoms with Crippen LogP contribution in [-0.4, -0.2) is 34.2 Å². The second-order valence-electron chi connectivity index (χ2n) is 7.73. The smallest absolute Gasteiger partial charge is 0.249 e. The third-order valence-electron chi connectivity index (χ3n) is 5.29. The average molecular weight is 464 g/mol. The van der Waals surface area contributed by atoms with E-state index in [9.17, 15) is 4.79 Å². The molecule has 0 atom stereocenters. The molecule has 4 aromatic rings. The van der Waals surface area contributed by atoms with Gasteiger partial charge in [0.2, 0.25) is 17.7 Å². The number of nitrogens with zero attached hydrogens (tertiary/aromatic N) is 3. The summed E-state index contributed by atoms with van der Waals surface area (Å²) in [4.78, 5) is 14.6. The number of amides is 1. The Morgan fingerprint density at radius 1 is 1.03 bits per heavy atom. The third kappa shape index (κ3) is 5.71. The number of halogens is 1. The molecule has 0 N–H and O–H groups in total. The summed E-state index contributed by atoms with van der Waals surface area (Å²) in [5, 5.41) is 11.0. The van der Waals surface area contributed by atoms with Crippen molar-refractivity contribution in [1.82, 2.24) is 15.1 Å². The lowest BCUT2D eigenvalue weighted by Gasteiger charge is -2.20. The van der Waals surface area contributed by atoms with E-state index in [0.717, 1.165) is 22.9 Å². The molecule has 1 heterocycles. The summed E-state index contributed by atoms with van der Waals surface area (Å²) < 4.78 is 11.7.